The van der Waals surface area contributed by atoms with E-state index in [1.807, 2.05) is 18.4 Å². The highest BCUT2D eigenvalue weighted by molar-refractivity contribution is 7.12. The fraction of sp³-hybridized carbons (Fsp3) is 0.0556. The minimum absolute atomic E-state index is 0.0300. The third-order valence-electron chi connectivity index (χ3n) is 3.92. The average molecular weight is 387 g/mol. The Balaban J connectivity index is 1.76. The van der Waals surface area contributed by atoms with E-state index in [-0.39, 0.29) is 5.02 Å². The summed E-state index contributed by atoms with van der Waals surface area (Å²) in [6.07, 6.45) is 2.50. The molecule has 0 saturated heterocycles. The van der Waals surface area contributed by atoms with Gasteiger partial charge in [0.2, 0.25) is 0 Å². The molecule has 3 heterocycles. The van der Waals surface area contributed by atoms with Crippen molar-refractivity contribution < 1.29 is 9.18 Å². The van der Waals surface area contributed by atoms with E-state index in [1.165, 1.54) is 17.4 Å². The number of nitrogens with one attached hydrogen (secondary N) is 1. The number of nitrogens with zero attached hydrogens (tertiary/aromatic N) is 3. The van der Waals surface area contributed by atoms with Gasteiger partial charge in [0.25, 0.3) is 0 Å². The summed E-state index contributed by atoms with van der Waals surface area (Å²) < 4.78 is 15.3. The fourth-order valence-corrected chi connectivity index (χ4v) is 3.47. The second kappa shape index (κ2) is 6.51. The number of benzene rings is 1. The van der Waals surface area contributed by atoms with Crippen molar-refractivity contribution in [3.8, 4) is 5.69 Å². The van der Waals surface area contributed by atoms with Gasteiger partial charge in [0.05, 0.1) is 38.9 Å². The summed E-state index contributed by atoms with van der Waals surface area (Å²) >= 11 is 7.36. The fourth-order valence-electron chi connectivity index (χ4n) is 2.62. The maximum absolute atomic E-state index is 13.6. The number of hydrogen-bond donors (Lipinski definition) is 1. The lowest BCUT2D eigenvalue weighted by Gasteiger charge is -2.11. The summed E-state index contributed by atoms with van der Waals surface area (Å²) in [5.74, 6) is -0.486. The number of pyridine rings is 1. The van der Waals surface area contributed by atoms with Crippen molar-refractivity contribution >= 4 is 51.6 Å². The van der Waals surface area contributed by atoms with Crippen molar-refractivity contribution in [2.24, 2.45) is 0 Å². The Morgan fingerprint density at radius 3 is 2.92 bits per heavy atom. The van der Waals surface area contributed by atoms with Gasteiger partial charge in [-0.05, 0) is 31.2 Å². The van der Waals surface area contributed by atoms with Gasteiger partial charge < -0.3 is 5.32 Å². The van der Waals surface area contributed by atoms with E-state index in [0.29, 0.717) is 27.6 Å². The molecule has 0 unspecified atom stereocenters. The molecule has 0 spiro atoms. The highest BCUT2D eigenvalue weighted by Gasteiger charge is 2.13. The molecular formula is C18H12ClFN4OS. The Morgan fingerprint density at radius 2 is 2.15 bits per heavy atom. The Kier molecular flexibility index (Phi) is 4.18. The van der Waals surface area contributed by atoms with E-state index in [0.717, 1.165) is 17.4 Å². The molecule has 1 aromatic carbocycles. The van der Waals surface area contributed by atoms with Crippen LogP contribution in [0.15, 0.2) is 41.9 Å². The van der Waals surface area contributed by atoms with Crippen LogP contribution >= 0.6 is 22.9 Å². The Bertz CT molecular complexity index is 1140. The first-order chi connectivity index (χ1) is 12.6. The topological polar surface area (TPSA) is 59.8 Å². The minimum atomic E-state index is -0.486. The van der Waals surface area contributed by atoms with Gasteiger partial charge in [0.15, 0.2) is 11.9 Å². The average Bonchev–Trinajstić information content (AvgIpc) is 3.25. The van der Waals surface area contributed by atoms with Gasteiger partial charge in [-0.1, -0.05) is 17.7 Å². The minimum Gasteiger partial charge on any atom is -0.353 e. The first-order valence-corrected chi connectivity index (χ1v) is 8.93. The Labute approximate surface area is 157 Å². The molecular weight excluding hydrogens is 375 g/mol. The molecule has 0 aliphatic rings. The Morgan fingerprint density at radius 1 is 1.31 bits per heavy atom. The zero-order valence-electron chi connectivity index (χ0n) is 13.5. The van der Waals surface area contributed by atoms with Crippen LogP contribution in [0.3, 0.4) is 0 Å². The molecule has 0 amide bonds. The molecule has 4 rings (SSSR count). The summed E-state index contributed by atoms with van der Waals surface area (Å²) in [4.78, 5) is 16.1. The van der Waals surface area contributed by atoms with Gasteiger partial charge in [-0.25, -0.2) is 14.1 Å². The second-order valence-corrected chi connectivity index (χ2v) is 6.96. The zero-order chi connectivity index (χ0) is 18.3. The third kappa shape index (κ3) is 2.85. The number of anilines is 2. The predicted molar refractivity (Wildman–Crippen MR) is 102 cm³/mol. The number of halogens is 2. The van der Waals surface area contributed by atoms with Crippen LogP contribution in [-0.2, 0) is 0 Å². The van der Waals surface area contributed by atoms with Crippen LogP contribution in [-0.4, -0.2) is 21.1 Å². The number of aromatic nitrogens is 3. The predicted octanol–water partition coefficient (Wildman–Crippen LogP) is 5.14. The summed E-state index contributed by atoms with van der Waals surface area (Å²) in [5, 5.41) is 10.2. The number of aldehydes is 1. The molecule has 0 bridgehead atoms. The molecule has 4 aromatic rings. The smallest absolute Gasteiger partial charge is 0.163 e. The number of carbonyl (C=O) groups excluding carboxylic acids is 1. The number of rotatable bonds is 4. The molecule has 0 radical (unpaired) electrons. The SMILES string of the molecule is Cc1nc2c(cnn2-c2csc(C=O)c2)cc1Nc1cccc(F)c1Cl. The van der Waals surface area contributed by atoms with Crippen LogP contribution in [0.2, 0.25) is 5.02 Å². The quantitative estimate of drug-likeness (QED) is 0.493. The third-order valence-corrected chi connectivity index (χ3v) is 5.15. The van der Waals surface area contributed by atoms with Gasteiger partial charge in [-0.15, -0.1) is 11.3 Å². The summed E-state index contributed by atoms with van der Waals surface area (Å²) in [6, 6.07) is 8.24. The van der Waals surface area contributed by atoms with Crippen LogP contribution in [0.1, 0.15) is 15.4 Å². The van der Waals surface area contributed by atoms with Crippen LogP contribution < -0.4 is 5.32 Å². The van der Waals surface area contributed by atoms with E-state index < -0.39 is 5.82 Å². The molecule has 1 N–H and O–H groups in total. The largest absolute Gasteiger partial charge is 0.353 e. The normalized spacial score (nSPS) is 11.0. The molecule has 0 fully saturated rings. The Hall–Kier alpha value is -2.77. The lowest BCUT2D eigenvalue weighted by Crippen LogP contribution is -2.00. The van der Waals surface area contributed by atoms with Crippen molar-refractivity contribution in [2.75, 3.05) is 5.32 Å². The molecule has 0 saturated carbocycles. The van der Waals surface area contributed by atoms with Gasteiger partial charge in [-0.2, -0.15) is 5.10 Å². The van der Waals surface area contributed by atoms with E-state index in [9.17, 15) is 9.18 Å². The van der Waals surface area contributed by atoms with Crippen molar-refractivity contribution in [1.82, 2.24) is 14.8 Å². The monoisotopic (exact) mass is 386 g/mol. The first kappa shape index (κ1) is 16.7. The number of fused-ring (bicyclic) bond motifs is 1. The summed E-state index contributed by atoms with van der Waals surface area (Å²) in [5.41, 5.74) is 3.35. The standard InChI is InChI=1S/C18H12ClFN4OS/c1-10-16(23-15-4-2-3-14(20)17(15)19)5-11-7-21-24(18(11)22-10)12-6-13(8-25)26-9-12/h2-9,23H,1H3. The summed E-state index contributed by atoms with van der Waals surface area (Å²) in [6.45, 7) is 1.84. The highest BCUT2D eigenvalue weighted by atomic mass is 35.5. The number of hydrogen-bond acceptors (Lipinski definition) is 5. The zero-order valence-corrected chi connectivity index (χ0v) is 15.1. The lowest BCUT2D eigenvalue weighted by atomic mass is 10.2. The maximum Gasteiger partial charge on any atom is 0.163 e. The number of aryl methyl sites for hydroxylation is 1. The van der Waals surface area contributed by atoms with Gasteiger partial charge in [0, 0.05) is 10.8 Å². The molecule has 8 heteroatoms. The molecule has 0 aliphatic carbocycles. The molecule has 5 nitrogen and oxygen atoms in total. The van der Waals surface area contributed by atoms with E-state index in [1.54, 1.807) is 29.1 Å². The van der Waals surface area contributed by atoms with Crippen LogP contribution in [0.5, 0.6) is 0 Å². The van der Waals surface area contributed by atoms with Crippen molar-refractivity contribution in [3.63, 3.8) is 0 Å². The molecule has 26 heavy (non-hydrogen) atoms. The number of thiophene rings is 1. The first-order valence-electron chi connectivity index (χ1n) is 7.67. The van der Waals surface area contributed by atoms with Crippen LogP contribution in [0.25, 0.3) is 16.7 Å². The highest BCUT2D eigenvalue weighted by Crippen LogP contribution is 2.30. The van der Waals surface area contributed by atoms with Gasteiger partial charge >= 0.3 is 0 Å². The maximum atomic E-state index is 13.6. The van der Waals surface area contributed by atoms with E-state index in [4.69, 9.17) is 11.6 Å². The van der Waals surface area contributed by atoms with Gasteiger partial charge in [0.1, 0.15) is 5.82 Å². The number of carbonyl (C=O) groups is 1. The molecule has 0 aliphatic heterocycles. The van der Waals surface area contributed by atoms with Crippen LogP contribution in [0.4, 0.5) is 15.8 Å². The molecule has 3 aromatic heterocycles. The van der Waals surface area contributed by atoms with E-state index in [2.05, 4.69) is 15.4 Å². The van der Waals surface area contributed by atoms with Crippen molar-refractivity contribution in [1.29, 1.82) is 0 Å². The van der Waals surface area contributed by atoms with Gasteiger partial charge in [-0.3, -0.25) is 4.79 Å². The lowest BCUT2D eigenvalue weighted by molar-refractivity contribution is 0.112. The van der Waals surface area contributed by atoms with Crippen LogP contribution in [0, 0.1) is 12.7 Å². The van der Waals surface area contributed by atoms with Crippen molar-refractivity contribution in [3.05, 3.63) is 63.3 Å². The molecule has 130 valence electrons. The second-order valence-electron chi connectivity index (χ2n) is 5.64. The van der Waals surface area contributed by atoms with Crippen molar-refractivity contribution in [2.45, 2.75) is 6.92 Å². The van der Waals surface area contributed by atoms with E-state index >= 15 is 0 Å². The molecule has 0 atom stereocenters. The summed E-state index contributed by atoms with van der Waals surface area (Å²) in [7, 11) is 0.